The second kappa shape index (κ2) is 3.49. The first-order valence-electron chi connectivity index (χ1n) is 6.56. The number of rotatable bonds is 1. The molecule has 0 spiro atoms. The first kappa shape index (κ1) is 11.6. The fourth-order valence-corrected chi connectivity index (χ4v) is 3.29. The van der Waals surface area contributed by atoms with Crippen LogP contribution < -0.4 is 5.73 Å². The third-order valence-electron chi connectivity index (χ3n) is 4.17. The molecule has 0 radical (unpaired) electrons. The van der Waals surface area contributed by atoms with Gasteiger partial charge in [0.15, 0.2) is 5.65 Å². The molecule has 5 heteroatoms. The highest BCUT2D eigenvalue weighted by atomic mass is 15.4. The Morgan fingerprint density at radius 2 is 2.11 bits per heavy atom. The van der Waals surface area contributed by atoms with Crippen LogP contribution in [0.25, 0.3) is 11.2 Å². The van der Waals surface area contributed by atoms with Gasteiger partial charge in [-0.05, 0) is 31.6 Å². The molecule has 1 aliphatic carbocycles. The van der Waals surface area contributed by atoms with Crippen LogP contribution in [0.1, 0.15) is 44.8 Å². The lowest BCUT2D eigenvalue weighted by atomic mass is 9.92. The summed E-state index contributed by atoms with van der Waals surface area (Å²) in [5.41, 5.74) is 9.48. The number of nitrogen functional groups attached to an aromatic ring is 1. The first-order chi connectivity index (χ1) is 8.39. The predicted molar refractivity (Wildman–Crippen MR) is 72.3 cm³/mol. The quantitative estimate of drug-likeness (QED) is 0.841. The number of fused-ring (bicyclic) bond motifs is 1. The molecule has 1 saturated carbocycles. The molecule has 1 fully saturated rings. The lowest BCUT2D eigenvalue weighted by molar-refractivity contribution is 0.360. The summed E-state index contributed by atoms with van der Waals surface area (Å²) >= 11 is 0. The molecule has 0 aromatic carbocycles. The van der Waals surface area contributed by atoms with E-state index in [9.17, 15) is 0 Å². The van der Waals surface area contributed by atoms with E-state index >= 15 is 0 Å². The van der Waals surface area contributed by atoms with E-state index in [1.165, 1.54) is 12.8 Å². The Morgan fingerprint density at radius 3 is 2.72 bits per heavy atom. The Kier molecular flexibility index (Phi) is 2.24. The molecule has 0 aliphatic heterocycles. The van der Waals surface area contributed by atoms with E-state index in [0.29, 0.717) is 17.4 Å². The Labute approximate surface area is 107 Å². The van der Waals surface area contributed by atoms with Gasteiger partial charge in [0.05, 0.1) is 5.69 Å². The van der Waals surface area contributed by atoms with Gasteiger partial charge in [0.1, 0.15) is 5.52 Å². The van der Waals surface area contributed by atoms with E-state index in [2.05, 4.69) is 28.5 Å². The minimum atomic E-state index is 0.404. The molecule has 0 saturated heterocycles. The maximum Gasteiger partial charge on any atom is 0.202 e. The van der Waals surface area contributed by atoms with Gasteiger partial charge < -0.3 is 5.73 Å². The Bertz CT molecular complexity index is 604. The van der Waals surface area contributed by atoms with E-state index in [1.54, 1.807) is 0 Å². The van der Waals surface area contributed by atoms with Crippen LogP contribution in [0.5, 0.6) is 0 Å². The molecule has 2 aromatic heterocycles. The third kappa shape index (κ3) is 1.53. The van der Waals surface area contributed by atoms with Crippen LogP contribution >= 0.6 is 0 Å². The van der Waals surface area contributed by atoms with E-state index in [-0.39, 0.29) is 0 Å². The average molecular weight is 247 g/mol. The van der Waals surface area contributed by atoms with Crippen molar-refractivity contribution in [1.82, 2.24) is 19.3 Å². The molecule has 2 heterocycles. The summed E-state index contributed by atoms with van der Waals surface area (Å²) in [5, 5.41) is 4.44. The number of anilines is 1. The summed E-state index contributed by atoms with van der Waals surface area (Å²) in [6.07, 6.45) is 3.58. The Morgan fingerprint density at radius 1 is 1.39 bits per heavy atom. The number of hydrogen-bond donors (Lipinski definition) is 1. The van der Waals surface area contributed by atoms with Gasteiger partial charge in [-0.2, -0.15) is 5.10 Å². The molecule has 2 aromatic rings. The molecule has 3 rings (SSSR count). The first-order valence-corrected chi connectivity index (χ1v) is 6.56. The molecular weight excluding hydrogens is 226 g/mol. The molecule has 2 N–H and O–H groups in total. The molecule has 18 heavy (non-hydrogen) atoms. The second-order valence-electron chi connectivity index (χ2n) is 6.28. The fourth-order valence-electron chi connectivity index (χ4n) is 3.29. The van der Waals surface area contributed by atoms with Crippen LogP contribution in [0.3, 0.4) is 0 Å². The van der Waals surface area contributed by atoms with Crippen LogP contribution in [-0.4, -0.2) is 19.3 Å². The van der Waals surface area contributed by atoms with Gasteiger partial charge >= 0.3 is 0 Å². The van der Waals surface area contributed by atoms with E-state index in [0.717, 1.165) is 23.3 Å². The van der Waals surface area contributed by atoms with Crippen molar-refractivity contribution in [3.63, 3.8) is 0 Å². The van der Waals surface area contributed by atoms with Crippen molar-refractivity contribution < 1.29 is 0 Å². The highest BCUT2D eigenvalue weighted by Gasteiger charge is 2.34. The normalized spacial score (nSPS) is 23.0. The SMILES string of the molecule is Cc1nn(C)c2c1nc(N)n2C1CCC(C)(C)C1. The van der Waals surface area contributed by atoms with Crippen molar-refractivity contribution in [2.45, 2.75) is 46.1 Å². The topological polar surface area (TPSA) is 61.7 Å². The van der Waals surface area contributed by atoms with Gasteiger partial charge in [-0.15, -0.1) is 0 Å². The largest absolute Gasteiger partial charge is 0.369 e. The molecule has 0 amide bonds. The van der Waals surface area contributed by atoms with Gasteiger partial charge in [0.25, 0.3) is 0 Å². The van der Waals surface area contributed by atoms with Crippen molar-refractivity contribution in [2.24, 2.45) is 12.5 Å². The summed E-state index contributed by atoms with van der Waals surface area (Å²) in [5.74, 6) is 0.629. The highest BCUT2D eigenvalue weighted by Crippen LogP contribution is 2.45. The van der Waals surface area contributed by atoms with Crippen LogP contribution in [0, 0.1) is 12.3 Å². The zero-order chi connectivity index (χ0) is 13.1. The molecule has 1 atom stereocenters. The zero-order valence-electron chi connectivity index (χ0n) is 11.6. The number of aryl methyl sites for hydroxylation is 2. The van der Waals surface area contributed by atoms with E-state index < -0.39 is 0 Å². The summed E-state index contributed by atoms with van der Waals surface area (Å²) < 4.78 is 4.09. The van der Waals surface area contributed by atoms with Crippen LogP contribution in [0.2, 0.25) is 0 Å². The zero-order valence-corrected chi connectivity index (χ0v) is 11.6. The predicted octanol–water partition coefficient (Wildman–Crippen LogP) is 2.41. The average Bonchev–Trinajstić information content (AvgIpc) is 2.85. The number of hydrogen-bond acceptors (Lipinski definition) is 3. The number of aromatic nitrogens is 4. The van der Waals surface area contributed by atoms with Gasteiger partial charge in [-0.1, -0.05) is 13.8 Å². The maximum atomic E-state index is 6.11. The highest BCUT2D eigenvalue weighted by molar-refractivity contribution is 5.77. The fraction of sp³-hybridized carbons (Fsp3) is 0.692. The van der Waals surface area contributed by atoms with Crippen LogP contribution in [0.15, 0.2) is 0 Å². The van der Waals surface area contributed by atoms with Gasteiger partial charge in [-0.25, -0.2) is 4.98 Å². The summed E-state index contributed by atoms with van der Waals surface area (Å²) in [6, 6.07) is 0.458. The van der Waals surface area contributed by atoms with Crippen molar-refractivity contribution in [3.8, 4) is 0 Å². The molecule has 98 valence electrons. The lowest BCUT2D eigenvalue weighted by Crippen LogP contribution is -2.13. The van der Waals surface area contributed by atoms with Gasteiger partial charge in [0, 0.05) is 13.1 Å². The summed E-state index contributed by atoms with van der Waals surface area (Å²) in [7, 11) is 1.97. The van der Waals surface area contributed by atoms with E-state index in [1.807, 2.05) is 18.7 Å². The maximum absolute atomic E-state index is 6.11. The lowest BCUT2D eigenvalue weighted by Gasteiger charge is -2.19. The van der Waals surface area contributed by atoms with Crippen molar-refractivity contribution in [3.05, 3.63) is 5.69 Å². The Balaban J connectivity index is 2.14. The molecule has 5 nitrogen and oxygen atoms in total. The smallest absolute Gasteiger partial charge is 0.202 e. The van der Waals surface area contributed by atoms with Crippen molar-refractivity contribution in [2.75, 3.05) is 5.73 Å². The van der Waals surface area contributed by atoms with Gasteiger partial charge in [0.2, 0.25) is 5.95 Å². The van der Waals surface area contributed by atoms with Crippen LogP contribution in [-0.2, 0) is 7.05 Å². The number of imidazole rings is 1. The third-order valence-corrected chi connectivity index (χ3v) is 4.17. The number of nitrogens with two attached hydrogens (primary N) is 1. The summed E-state index contributed by atoms with van der Waals surface area (Å²) in [4.78, 5) is 4.48. The second-order valence-corrected chi connectivity index (χ2v) is 6.28. The molecule has 1 unspecified atom stereocenters. The summed E-state index contributed by atoms with van der Waals surface area (Å²) in [6.45, 7) is 6.63. The van der Waals surface area contributed by atoms with Crippen molar-refractivity contribution in [1.29, 1.82) is 0 Å². The van der Waals surface area contributed by atoms with Gasteiger partial charge in [-0.3, -0.25) is 9.25 Å². The monoisotopic (exact) mass is 247 g/mol. The Hall–Kier alpha value is -1.52. The number of nitrogens with zero attached hydrogens (tertiary/aromatic N) is 4. The standard InChI is InChI=1S/C13H21N5/c1-8-10-11(17(4)16-8)18(12(14)15-10)9-5-6-13(2,3)7-9/h9H,5-7H2,1-4H3,(H2,14,15). The van der Waals surface area contributed by atoms with E-state index in [4.69, 9.17) is 5.73 Å². The molecular formula is C13H21N5. The van der Waals surface area contributed by atoms with Crippen molar-refractivity contribution >= 4 is 17.1 Å². The minimum Gasteiger partial charge on any atom is -0.369 e. The molecule has 1 aliphatic rings. The minimum absolute atomic E-state index is 0.404. The molecule has 0 bridgehead atoms. The van der Waals surface area contributed by atoms with Crippen LogP contribution in [0.4, 0.5) is 5.95 Å².